The molecule has 0 aliphatic heterocycles. The summed E-state index contributed by atoms with van der Waals surface area (Å²) in [6.45, 7) is 2.89. The van der Waals surface area contributed by atoms with Crippen LogP contribution >= 0.6 is 15.9 Å². The van der Waals surface area contributed by atoms with Gasteiger partial charge in [0.25, 0.3) is 0 Å². The van der Waals surface area contributed by atoms with Gasteiger partial charge < -0.3 is 9.47 Å². The maximum Gasteiger partial charge on any atom is 0.306 e. The number of unbranched alkanes of at least 4 members (excludes halogenated alkanes) is 3. The number of esters is 2. The Morgan fingerprint density at radius 1 is 0.957 bits per heavy atom. The SMILES string of the molecule is CCCCCCOC(=O)CCC(=O)OCCc1ccccc1Br. The van der Waals surface area contributed by atoms with Crippen LogP contribution in [0.15, 0.2) is 28.7 Å². The molecule has 0 aliphatic rings. The molecule has 0 spiro atoms. The number of hydrogen-bond acceptors (Lipinski definition) is 4. The largest absolute Gasteiger partial charge is 0.466 e. The molecule has 0 saturated carbocycles. The van der Waals surface area contributed by atoms with E-state index in [0.717, 1.165) is 35.7 Å². The zero-order valence-electron chi connectivity index (χ0n) is 13.7. The van der Waals surface area contributed by atoms with Crippen LogP contribution in [0.4, 0.5) is 0 Å². The molecule has 4 nitrogen and oxygen atoms in total. The molecule has 5 heteroatoms. The molecule has 1 aromatic rings. The molecule has 0 fully saturated rings. The highest BCUT2D eigenvalue weighted by Gasteiger charge is 2.09. The first-order valence-electron chi connectivity index (χ1n) is 8.18. The fourth-order valence-electron chi connectivity index (χ4n) is 2.04. The van der Waals surface area contributed by atoms with Crippen molar-refractivity contribution in [3.8, 4) is 0 Å². The van der Waals surface area contributed by atoms with Crippen molar-refractivity contribution in [1.82, 2.24) is 0 Å². The van der Waals surface area contributed by atoms with E-state index in [0.29, 0.717) is 19.6 Å². The molecule has 0 bridgehead atoms. The van der Waals surface area contributed by atoms with Crippen LogP contribution in [0.1, 0.15) is 51.0 Å². The van der Waals surface area contributed by atoms with E-state index in [1.54, 1.807) is 0 Å². The van der Waals surface area contributed by atoms with Crippen molar-refractivity contribution in [2.75, 3.05) is 13.2 Å². The summed E-state index contributed by atoms with van der Waals surface area (Å²) in [7, 11) is 0. The Morgan fingerprint density at radius 2 is 1.61 bits per heavy atom. The molecule has 0 aromatic heterocycles. The van der Waals surface area contributed by atoms with Gasteiger partial charge in [0.15, 0.2) is 0 Å². The fourth-order valence-corrected chi connectivity index (χ4v) is 2.52. The van der Waals surface area contributed by atoms with E-state index in [4.69, 9.17) is 9.47 Å². The van der Waals surface area contributed by atoms with Crippen LogP contribution in [-0.2, 0) is 25.5 Å². The van der Waals surface area contributed by atoms with Gasteiger partial charge in [0.05, 0.1) is 26.1 Å². The number of carbonyl (C=O) groups excluding carboxylic acids is 2. The van der Waals surface area contributed by atoms with Crippen molar-refractivity contribution in [2.45, 2.75) is 51.9 Å². The van der Waals surface area contributed by atoms with Crippen molar-refractivity contribution in [1.29, 1.82) is 0 Å². The lowest BCUT2D eigenvalue weighted by atomic mass is 10.2. The molecule has 0 heterocycles. The van der Waals surface area contributed by atoms with Crippen LogP contribution in [-0.4, -0.2) is 25.2 Å². The smallest absolute Gasteiger partial charge is 0.306 e. The Hall–Kier alpha value is -1.36. The lowest BCUT2D eigenvalue weighted by Crippen LogP contribution is -2.12. The summed E-state index contributed by atoms with van der Waals surface area (Å²) in [6.07, 6.45) is 5.07. The Morgan fingerprint density at radius 3 is 2.26 bits per heavy atom. The maximum atomic E-state index is 11.6. The molecule has 0 saturated heterocycles. The van der Waals surface area contributed by atoms with Crippen molar-refractivity contribution >= 4 is 27.9 Å². The second-order valence-corrected chi connectivity index (χ2v) is 6.20. The third-order valence-corrected chi connectivity index (χ3v) is 4.16. The molecule has 0 amide bonds. The summed E-state index contributed by atoms with van der Waals surface area (Å²) < 4.78 is 11.2. The molecular formula is C18H25BrO4. The molecule has 23 heavy (non-hydrogen) atoms. The second kappa shape index (κ2) is 12.1. The average molecular weight is 385 g/mol. The van der Waals surface area contributed by atoms with E-state index in [-0.39, 0.29) is 24.8 Å². The highest BCUT2D eigenvalue weighted by Crippen LogP contribution is 2.16. The lowest BCUT2D eigenvalue weighted by molar-refractivity contribution is -0.150. The van der Waals surface area contributed by atoms with Gasteiger partial charge in [-0.25, -0.2) is 0 Å². The number of carbonyl (C=O) groups is 2. The van der Waals surface area contributed by atoms with Gasteiger partial charge in [0.2, 0.25) is 0 Å². The number of hydrogen-bond donors (Lipinski definition) is 0. The predicted molar refractivity (Wildman–Crippen MR) is 93.1 cm³/mol. The second-order valence-electron chi connectivity index (χ2n) is 5.34. The minimum Gasteiger partial charge on any atom is -0.466 e. The molecule has 0 N–H and O–H groups in total. The van der Waals surface area contributed by atoms with Gasteiger partial charge in [-0.3, -0.25) is 9.59 Å². The van der Waals surface area contributed by atoms with Crippen LogP contribution in [0.5, 0.6) is 0 Å². The van der Waals surface area contributed by atoms with Crippen LogP contribution in [0, 0.1) is 0 Å². The number of rotatable bonds is 11. The van der Waals surface area contributed by atoms with Gasteiger partial charge in [0.1, 0.15) is 0 Å². The topological polar surface area (TPSA) is 52.6 Å². The summed E-state index contributed by atoms with van der Waals surface area (Å²) in [5.74, 6) is -0.691. The minimum absolute atomic E-state index is 0.0732. The molecule has 1 rings (SSSR count). The summed E-state index contributed by atoms with van der Waals surface area (Å²) >= 11 is 3.45. The average Bonchev–Trinajstić information content (AvgIpc) is 2.54. The predicted octanol–water partition coefficient (Wildman–Crippen LogP) is 4.44. The molecular weight excluding hydrogens is 360 g/mol. The fraction of sp³-hybridized carbons (Fsp3) is 0.556. The van der Waals surface area contributed by atoms with E-state index in [1.165, 1.54) is 0 Å². The quantitative estimate of drug-likeness (QED) is 0.418. The lowest BCUT2D eigenvalue weighted by Gasteiger charge is -2.07. The minimum atomic E-state index is -0.361. The van der Waals surface area contributed by atoms with Gasteiger partial charge in [-0.05, 0) is 18.1 Å². The van der Waals surface area contributed by atoms with E-state index in [2.05, 4.69) is 22.9 Å². The molecule has 0 aliphatic carbocycles. The third-order valence-electron chi connectivity index (χ3n) is 3.39. The van der Waals surface area contributed by atoms with Crippen LogP contribution in [0.25, 0.3) is 0 Å². The first-order valence-corrected chi connectivity index (χ1v) is 8.97. The summed E-state index contributed by atoms with van der Waals surface area (Å²) in [5, 5.41) is 0. The Balaban J connectivity index is 2.07. The van der Waals surface area contributed by atoms with E-state index in [1.807, 2.05) is 24.3 Å². The third kappa shape index (κ3) is 9.39. The van der Waals surface area contributed by atoms with E-state index < -0.39 is 0 Å². The Labute approximate surface area is 146 Å². The number of benzene rings is 1. The first-order chi connectivity index (χ1) is 11.1. The maximum absolute atomic E-state index is 11.6. The molecule has 0 unspecified atom stereocenters. The van der Waals surface area contributed by atoms with Crippen molar-refractivity contribution in [3.05, 3.63) is 34.3 Å². The van der Waals surface area contributed by atoms with Crippen molar-refractivity contribution < 1.29 is 19.1 Å². The van der Waals surface area contributed by atoms with Crippen LogP contribution in [0.2, 0.25) is 0 Å². The van der Waals surface area contributed by atoms with Gasteiger partial charge in [0, 0.05) is 10.9 Å². The van der Waals surface area contributed by atoms with Crippen molar-refractivity contribution in [3.63, 3.8) is 0 Å². The highest BCUT2D eigenvalue weighted by molar-refractivity contribution is 9.10. The Bertz CT molecular complexity index is 488. The number of halogens is 1. The standard InChI is InChI=1S/C18H25BrO4/c1-2-3-4-7-13-22-17(20)10-11-18(21)23-14-12-15-8-5-6-9-16(15)19/h5-6,8-9H,2-4,7,10-14H2,1H3. The summed E-state index contributed by atoms with van der Waals surface area (Å²) in [5.41, 5.74) is 1.09. The Kier molecular flexibility index (Phi) is 10.4. The van der Waals surface area contributed by atoms with Gasteiger partial charge >= 0.3 is 11.9 Å². The highest BCUT2D eigenvalue weighted by atomic mass is 79.9. The van der Waals surface area contributed by atoms with Crippen LogP contribution < -0.4 is 0 Å². The van der Waals surface area contributed by atoms with Gasteiger partial charge in [-0.1, -0.05) is 60.3 Å². The number of ether oxygens (including phenoxy) is 2. The molecule has 0 atom stereocenters. The first kappa shape index (κ1) is 19.7. The van der Waals surface area contributed by atoms with Crippen LogP contribution in [0.3, 0.4) is 0 Å². The summed E-state index contributed by atoms with van der Waals surface area (Å²) in [6, 6.07) is 7.81. The van der Waals surface area contributed by atoms with Crippen molar-refractivity contribution in [2.24, 2.45) is 0 Å². The monoisotopic (exact) mass is 384 g/mol. The zero-order chi connectivity index (χ0) is 16.9. The molecule has 0 radical (unpaired) electrons. The molecule has 128 valence electrons. The molecule has 1 aromatic carbocycles. The van der Waals surface area contributed by atoms with E-state index >= 15 is 0 Å². The zero-order valence-corrected chi connectivity index (χ0v) is 15.3. The van der Waals surface area contributed by atoms with E-state index in [9.17, 15) is 9.59 Å². The van der Waals surface area contributed by atoms with Gasteiger partial charge in [-0.2, -0.15) is 0 Å². The normalized spacial score (nSPS) is 10.3. The summed E-state index contributed by atoms with van der Waals surface area (Å²) in [4.78, 5) is 23.1. The van der Waals surface area contributed by atoms with Gasteiger partial charge in [-0.15, -0.1) is 0 Å².